The minimum atomic E-state index is -0.590. The minimum absolute atomic E-state index is 0.106. The summed E-state index contributed by atoms with van der Waals surface area (Å²) in [6.07, 6.45) is 7.42. The van der Waals surface area contributed by atoms with E-state index in [4.69, 9.17) is 9.94 Å². The number of nitrogens with zero attached hydrogens (tertiary/aromatic N) is 1. The highest BCUT2D eigenvalue weighted by molar-refractivity contribution is 5.90. The molecule has 0 radical (unpaired) electrons. The Bertz CT molecular complexity index is 976. The van der Waals surface area contributed by atoms with E-state index < -0.39 is 17.6 Å². The van der Waals surface area contributed by atoms with E-state index in [1.165, 1.54) is 0 Å². The minimum Gasteiger partial charge on any atom is -0.459 e. The fourth-order valence-electron chi connectivity index (χ4n) is 3.56. The highest BCUT2D eigenvalue weighted by Crippen LogP contribution is 2.14. The Morgan fingerprint density at radius 1 is 0.944 bits per heavy atom. The number of carbonyl (C=O) groups excluding carboxylic acids is 3. The van der Waals surface area contributed by atoms with Crippen LogP contribution in [0.1, 0.15) is 70.4 Å². The molecule has 1 unspecified atom stereocenters. The number of unbranched alkanes of at least 4 members (excludes halogenated alkanes) is 3. The zero-order chi connectivity index (χ0) is 26.4. The number of hydroxylamine groups is 1. The fraction of sp³-hybridized carbons (Fsp3) is 0.481. The molecule has 0 spiro atoms. The number of esters is 1. The van der Waals surface area contributed by atoms with Gasteiger partial charge in [-0.1, -0.05) is 43.2 Å². The van der Waals surface area contributed by atoms with Crippen LogP contribution in [-0.2, 0) is 32.1 Å². The summed E-state index contributed by atoms with van der Waals surface area (Å²) >= 11 is 0. The molecular weight excluding hydrogens is 460 g/mol. The lowest BCUT2D eigenvalue weighted by Gasteiger charge is -2.25. The van der Waals surface area contributed by atoms with Crippen molar-refractivity contribution in [1.82, 2.24) is 15.8 Å². The van der Waals surface area contributed by atoms with Crippen molar-refractivity contribution in [3.63, 3.8) is 0 Å². The first-order valence-corrected chi connectivity index (χ1v) is 12.3. The summed E-state index contributed by atoms with van der Waals surface area (Å²) in [5, 5.41) is 14.6. The van der Waals surface area contributed by atoms with E-state index in [1.807, 2.05) is 57.2 Å². The van der Waals surface area contributed by atoms with Gasteiger partial charge in [0, 0.05) is 25.6 Å². The lowest BCUT2D eigenvalue weighted by Crippen LogP contribution is -2.42. The molecule has 0 fully saturated rings. The van der Waals surface area contributed by atoms with Gasteiger partial charge < -0.3 is 10.1 Å². The second-order valence-corrected chi connectivity index (χ2v) is 9.74. The Labute approximate surface area is 213 Å². The molecule has 0 saturated carbocycles. The van der Waals surface area contributed by atoms with Crippen LogP contribution in [0.3, 0.4) is 0 Å². The summed E-state index contributed by atoms with van der Waals surface area (Å²) in [5.74, 6) is -0.821. The third-order valence-corrected chi connectivity index (χ3v) is 5.29. The van der Waals surface area contributed by atoms with Crippen molar-refractivity contribution in [2.75, 3.05) is 5.32 Å². The number of anilines is 1. The summed E-state index contributed by atoms with van der Waals surface area (Å²) in [6, 6.07) is 11.1. The van der Waals surface area contributed by atoms with Gasteiger partial charge in [-0.15, -0.1) is 0 Å². The van der Waals surface area contributed by atoms with Crippen LogP contribution in [0.5, 0.6) is 0 Å². The molecule has 1 aromatic heterocycles. The lowest BCUT2D eigenvalue weighted by molar-refractivity contribution is -0.157. The van der Waals surface area contributed by atoms with Crippen LogP contribution in [0.15, 0.2) is 48.8 Å². The van der Waals surface area contributed by atoms with E-state index in [-0.39, 0.29) is 18.3 Å². The number of pyridine rings is 1. The standard InChI is InChI=1S/C27H38N4O5/c1-27(2,3)36-26(34)23(16-20-11-7-6-8-12-20)29-18-21-15-22(19-28-17-21)30-24(32)13-9-4-5-10-14-25(33)31-35/h6-8,11-12,15,17,19,23,29,35H,4-5,9-10,13-14,16,18H2,1-3H3,(H,30,32)(H,31,33). The molecule has 2 aromatic rings. The van der Waals surface area contributed by atoms with E-state index >= 15 is 0 Å². The number of amides is 2. The quantitative estimate of drug-likeness (QED) is 0.134. The van der Waals surface area contributed by atoms with Crippen LogP contribution in [-0.4, -0.2) is 39.6 Å². The van der Waals surface area contributed by atoms with Gasteiger partial charge in [-0.05, 0) is 57.2 Å². The third kappa shape index (κ3) is 11.9. The van der Waals surface area contributed by atoms with Gasteiger partial charge in [0.05, 0.1) is 11.9 Å². The topological polar surface area (TPSA) is 130 Å². The summed E-state index contributed by atoms with van der Waals surface area (Å²) in [4.78, 5) is 40.3. The number of ether oxygens (including phenoxy) is 1. The van der Waals surface area contributed by atoms with Crippen LogP contribution in [0.25, 0.3) is 0 Å². The maximum Gasteiger partial charge on any atom is 0.324 e. The zero-order valence-corrected chi connectivity index (χ0v) is 21.4. The van der Waals surface area contributed by atoms with Crippen LogP contribution < -0.4 is 16.1 Å². The van der Waals surface area contributed by atoms with Crippen LogP contribution >= 0.6 is 0 Å². The number of rotatable bonds is 14. The molecule has 9 nitrogen and oxygen atoms in total. The highest BCUT2D eigenvalue weighted by Gasteiger charge is 2.25. The van der Waals surface area contributed by atoms with Gasteiger partial charge >= 0.3 is 5.97 Å². The summed E-state index contributed by atoms with van der Waals surface area (Å²) in [7, 11) is 0. The molecule has 0 aliphatic carbocycles. The molecule has 0 aliphatic rings. The Morgan fingerprint density at radius 2 is 1.61 bits per heavy atom. The Balaban J connectivity index is 1.86. The molecule has 4 N–H and O–H groups in total. The molecule has 1 heterocycles. The maximum atomic E-state index is 12.8. The Hall–Kier alpha value is -3.30. The highest BCUT2D eigenvalue weighted by atomic mass is 16.6. The van der Waals surface area contributed by atoms with Crippen LogP contribution in [0.4, 0.5) is 5.69 Å². The van der Waals surface area contributed by atoms with Crippen LogP contribution in [0, 0.1) is 0 Å². The zero-order valence-electron chi connectivity index (χ0n) is 21.4. The molecule has 2 rings (SSSR count). The number of hydrogen-bond donors (Lipinski definition) is 4. The third-order valence-electron chi connectivity index (χ3n) is 5.29. The van der Waals surface area contributed by atoms with E-state index in [0.717, 1.165) is 24.0 Å². The van der Waals surface area contributed by atoms with Gasteiger partial charge in [0.1, 0.15) is 11.6 Å². The predicted molar refractivity (Wildman–Crippen MR) is 137 cm³/mol. The molecule has 0 bridgehead atoms. The summed E-state index contributed by atoms with van der Waals surface area (Å²) in [5.41, 5.74) is 3.47. The predicted octanol–water partition coefficient (Wildman–Crippen LogP) is 3.91. The molecule has 0 aliphatic heterocycles. The van der Waals surface area contributed by atoms with E-state index in [0.29, 0.717) is 37.9 Å². The largest absolute Gasteiger partial charge is 0.459 e. The number of benzene rings is 1. The van der Waals surface area contributed by atoms with Crippen molar-refractivity contribution >= 4 is 23.5 Å². The van der Waals surface area contributed by atoms with Crippen molar-refractivity contribution in [1.29, 1.82) is 0 Å². The number of carbonyl (C=O) groups is 3. The first-order chi connectivity index (χ1) is 17.2. The second kappa shape index (κ2) is 15.0. The second-order valence-electron chi connectivity index (χ2n) is 9.74. The van der Waals surface area contributed by atoms with E-state index in [9.17, 15) is 14.4 Å². The van der Waals surface area contributed by atoms with E-state index in [1.54, 1.807) is 17.9 Å². The Morgan fingerprint density at radius 3 is 2.25 bits per heavy atom. The van der Waals surface area contributed by atoms with Crippen molar-refractivity contribution in [3.05, 3.63) is 59.9 Å². The SMILES string of the molecule is CC(C)(C)OC(=O)C(Cc1ccccc1)NCc1cncc(NC(=O)CCCCCCC(=O)NO)c1. The fourth-order valence-corrected chi connectivity index (χ4v) is 3.56. The number of nitrogens with one attached hydrogen (secondary N) is 3. The molecule has 2 amide bonds. The first kappa shape index (κ1) is 28.9. The average molecular weight is 499 g/mol. The monoisotopic (exact) mass is 498 g/mol. The van der Waals surface area contributed by atoms with Gasteiger partial charge in [-0.3, -0.25) is 29.9 Å². The molecular formula is C27H38N4O5. The average Bonchev–Trinajstić information content (AvgIpc) is 2.83. The van der Waals surface area contributed by atoms with Crippen molar-refractivity contribution < 1.29 is 24.3 Å². The number of aromatic nitrogens is 1. The molecule has 0 saturated heterocycles. The van der Waals surface area contributed by atoms with Gasteiger partial charge in [0.25, 0.3) is 0 Å². The van der Waals surface area contributed by atoms with E-state index in [2.05, 4.69) is 15.6 Å². The normalized spacial score (nSPS) is 12.0. The molecule has 1 atom stereocenters. The molecule has 1 aromatic carbocycles. The van der Waals surface area contributed by atoms with Gasteiger partial charge in [-0.25, -0.2) is 5.48 Å². The first-order valence-electron chi connectivity index (χ1n) is 12.3. The van der Waals surface area contributed by atoms with Gasteiger partial charge in [0.2, 0.25) is 11.8 Å². The van der Waals surface area contributed by atoms with Crippen molar-refractivity contribution in [3.8, 4) is 0 Å². The smallest absolute Gasteiger partial charge is 0.324 e. The van der Waals surface area contributed by atoms with Gasteiger partial charge in [-0.2, -0.15) is 0 Å². The van der Waals surface area contributed by atoms with Gasteiger partial charge in [0.15, 0.2) is 0 Å². The lowest BCUT2D eigenvalue weighted by atomic mass is 10.1. The van der Waals surface area contributed by atoms with Crippen molar-refractivity contribution in [2.24, 2.45) is 0 Å². The summed E-state index contributed by atoms with van der Waals surface area (Å²) < 4.78 is 5.61. The molecule has 9 heteroatoms. The Kier molecular flexibility index (Phi) is 12.0. The van der Waals surface area contributed by atoms with Crippen LogP contribution in [0.2, 0.25) is 0 Å². The molecule has 196 valence electrons. The summed E-state index contributed by atoms with van der Waals surface area (Å²) in [6.45, 7) is 5.91. The van der Waals surface area contributed by atoms with Crippen molar-refractivity contribution in [2.45, 2.75) is 83.9 Å². The number of hydrogen-bond acceptors (Lipinski definition) is 7. The maximum absolute atomic E-state index is 12.8. The molecule has 36 heavy (non-hydrogen) atoms.